The van der Waals surface area contributed by atoms with Crippen molar-refractivity contribution < 1.29 is 37.4 Å². The zero-order chi connectivity index (χ0) is 31.5. The van der Waals surface area contributed by atoms with Crippen LogP contribution in [-0.4, -0.2) is 48.7 Å². The highest BCUT2D eigenvalue weighted by molar-refractivity contribution is 6.30. The summed E-state index contributed by atoms with van der Waals surface area (Å²) in [6.07, 6.45) is 0.615. The molecular formula is C31H31ClF2N4O6. The number of amides is 3. The number of anilines is 2. The van der Waals surface area contributed by atoms with Crippen molar-refractivity contribution in [2.45, 2.75) is 44.8 Å². The predicted molar refractivity (Wildman–Crippen MR) is 159 cm³/mol. The molecule has 232 valence electrons. The average Bonchev–Trinajstić information content (AvgIpc) is 3.01. The molecule has 0 aliphatic carbocycles. The van der Waals surface area contributed by atoms with Crippen LogP contribution < -0.4 is 15.4 Å². The Hall–Kier alpha value is -4.45. The molecule has 1 aromatic heterocycles. The third-order valence-corrected chi connectivity index (χ3v) is 8.19. The Bertz CT molecular complexity index is 1610. The van der Waals surface area contributed by atoms with Gasteiger partial charge in [-0.2, -0.15) is 0 Å². The predicted octanol–water partition coefficient (Wildman–Crippen LogP) is 7.25. The van der Waals surface area contributed by atoms with E-state index in [0.717, 1.165) is 12.1 Å². The summed E-state index contributed by atoms with van der Waals surface area (Å²) in [5.74, 6) is -2.12. The van der Waals surface area contributed by atoms with Gasteiger partial charge in [0.2, 0.25) is 11.8 Å². The lowest BCUT2D eigenvalue weighted by molar-refractivity contribution is -0.119. The maximum absolute atomic E-state index is 14.8. The van der Waals surface area contributed by atoms with Crippen molar-refractivity contribution in [2.75, 3.05) is 31.4 Å². The average molecular weight is 629 g/mol. The number of benzene rings is 2. The number of ether oxygens (including phenoxy) is 3. The molecule has 10 nitrogen and oxygen atoms in total. The minimum atomic E-state index is -1.15. The third-order valence-electron chi connectivity index (χ3n) is 7.90. The van der Waals surface area contributed by atoms with Crippen molar-refractivity contribution in [3.05, 3.63) is 70.4 Å². The normalized spacial score (nSPS) is 20.3. The second-order valence-corrected chi connectivity index (χ2v) is 11.1. The Morgan fingerprint density at radius 3 is 2.66 bits per heavy atom. The van der Waals surface area contributed by atoms with E-state index < -0.39 is 36.0 Å². The molecule has 1 saturated heterocycles. The van der Waals surface area contributed by atoms with Crippen molar-refractivity contribution in [3.63, 3.8) is 0 Å². The van der Waals surface area contributed by atoms with Gasteiger partial charge in [0.05, 0.1) is 36.5 Å². The number of methoxy groups -OCH3 is 2. The molecule has 2 aromatic carbocycles. The fourth-order valence-corrected chi connectivity index (χ4v) is 5.74. The summed E-state index contributed by atoms with van der Waals surface area (Å²) in [5.41, 5.74) is 2.30. The van der Waals surface area contributed by atoms with Crippen molar-refractivity contribution in [1.82, 2.24) is 9.88 Å². The van der Waals surface area contributed by atoms with Gasteiger partial charge in [0.15, 0.2) is 5.82 Å². The first-order chi connectivity index (χ1) is 21.1. The highest BCUT2D eigenvalue weighted by Gasteiger charge is 2.38. The lowest BCUT2D eigenvalue weighted by Gasteiger charge is -2.38. The number of hydrogen-bond acceptors (Lipinski definition) is 7. The Balaban J connectivity index is 1.54. The Kier molecular flexibility index (Phi) is 9.19. The summed E-state index contributed by atoms with van der Waals surface area (Å²) in [5, 5.41) is 5.30. The fraction of sp³-hybridized carbons (Fsp3) is 0.355. The molecule has 2 aliphatic rings. The van der Waals surface area contributed by atoms with Crippen LogP contribution in [0.15, 0.2) is 42.6 Å². The van der Waals surface area contributed by atoms with Crippen molar-refractivity contribution in [2.24, 2.45) is 5.92 Å². The van der Waals surface area contributed by atoms with Crippen molar-refractivity contribution >= 4 is 41.1 Å². The van der Waals surface area contributed by atoms with Gasteiger partial charge in [-0.3, -0.25) is 10.1 Å². The van der Waals surface area contributed by atoms with Crippen LogP contribution in [0.1, 0.15) is 55.9 Å². The third kappa shape index (κ3) is 6.26. The zero-order valence-corrected chi connectivity index (χ0v) is 25.0. The molecule has 5 rings (SSSR count). The summed E-state index contributed by atoms with van der Waals surface area (Å²) in [6.45, 7) is 1.93. The highest BCUT2D eigenvalue weighted by Crippen LogP contribution is 2.42. The fourth-order valence-electron chi connectivity index (χ4n) is 5.58. The molecule has 2 bridgehead atoms. The molecule has 44 heavy (non-hydrogen) atoms. The number of carbonyl (C=O) groups excluding carboxylic acids is 3. The Morgan fingerprint density at radius 2 is 1.93 bits per heavy atom. The second kappa shape index (κ2) is 13.0. The molecule has 0 radical (unpaired) electrons. The number of aromatic nitrogens is 1. The van der Waals surface area contributed by atoms with Crippen molar-refractivity contribution in [3.8, 4) is 17.0 Å². The number of rotatable bonds is 4. The molecule has 3 heterocycles. The van der Waals surface area contributed by atoms with E-state index in [0.29, 0.717) is 53.2 Å². The molecule has 2 N–H and O–H groups in total. The second-order valence-electron chi connectivity index (χ2n) is 10.6. The zero-order valence-electron chi connectivity index (χ0n) is 24.3. The summed E-state index contributed by atoms with van der Waals surface area (Å²) >= 11 is 5.88. The molecule has 0 spiro atoms. The molecule has 3 atom stereocenters. The number of hydrogen-bond donors (Lipinski definition) is 2. The van der Waals surface area contributed by atoms with Gasteiger partial charge in [-0.25, -0.2) is 23.4 Å². The van der Waals surface area contributed by atoms with Crippen LogP contribution in [0.4, 0.5) is 29.7 Å². The van der Waals surface area contributed by atoms with Gasteiger partial charge in [0.25, 0.3) is 0 Å². The van der Waals surface area contributed by atoms with Crippen LogP contribution in [0, 0.1) is 17.6 Å². The first-order valence-electron chi connectivity index (χ1n) is 14.1. The number of fused-ring (bicyclic) bond motifs is 4. The Labute approximate surface area is 257 Å². The smallest absolute Gasteiger partial charge is 0.411 e. The van der Waals surface area contributed by atoms with Crippen LogP contribution in [0.5, 0.6) is 5.88 Å². The number of nitrogens with zero attached hydrogens (tertiary/aromatic N) is 2. The van der Waals surface area contributed by atoms with Gasteiger partial charge in [-0.15, -0.1) is 0 Å². The summed E-state index contributed by atoms with van der Waals surface area (Å²) in [4.78, 5) is 44.5. The lowest BCUT2D eigenvalue weighted by Crippen LogP contribution is -2.42. The largest absolute Gasteiger partial charge is 0.481 e. The molecule has 13 heteroatoms. The van der Waals surface area contributed by atoms with Gasteiger partial charge in [0, 0.05) is 47.5 Å². The van der Waals surface area contributed by atoms with E-state index in [-0.39, 0.29) is 35.4 Å². The topological polar surface area (TPSA) is 119 Å². The highest BCUT2D eigenvalue weighted by atomic mass is 35.5. The number of carbonyl (C=O) groups is 3. The van der Waals surface area contributed by atoms with Gasteiger partial charge < -0.3 is 24.4 Å². The number of halogens is 3. The van der Waals surface area contributed by atoms with Crippen LogP contribution in [0.3, 0.4) is 0 Å². The van der Waals surface area contributed by atoms with Crippen LogP contribution >= 0.6 is 11.6 Å². The van der Waals surface area contributed by atoms with Gasteiger partial charge in [0.1, 0.15) is 11.9 Å². The van der Waals surface area contributed by atoms with Gasteiger partial charge >= 0.3 is 12.2 Å². The maximum atomic E-state index is 14.8. The Morgan fingerprint density at radius 1 is 1.14 bits per heavy atom. The minimum Gasteiger partial charge on any atom is -0.481 e. The van der Waals surface area contributed by atoms with Crippen LogP contribution in [0.2, 0.25) is 5.02 Å². The van der Waals surface area contributed by atoms with Crippen molar-refractivity contribution in [1.29, 1.82) is 0 Å². The molecule has 2 aliphatic heterocycles. The summed E-state index contributed by atoms with van der Waals surface area (Å²) in [7, 11) is 2.72. The molecular weight excluding hydrogens is 598 g/mol. The van der Waals surface area contributed by atoms with E-state index in [4.69, 9.17) is 21.1 Å². The first kappa shape index (κ1) is 31.0. The summed E-state index contributed by atoms with van der Waals surface area (Å²) < 4.78 is 45.2. The maximum Gasteiger partial charge on any atom is 0.411 e. The van der Waals surface area contributed by atoms with Gasteiger partial charge in [-0.1, -0.05) is 31.0 Å². The molecule has 3 amide bonds. The van der Waals surface area contributed by atoms with Gasteiger partial charge in [-0.05, 0) is 43.2 Å². The molecule has 0 saturated carbocycles. The van der Waals surface area contributed by atoms with Crippen LogP contribution in [0.25, 0.3) is 11.1 Å². The van der Waals surface area contributed by atoms with E-state index in [1.165, 1.54) is 19.1 Å². The van der Waals surface area contributed by atoms with E-state index in [1.54, 1.807) is 24.4 Å². The molecule has 3 unspecified atom stereocenters. The van der Waals surface area contributed by atoms with E-state index in [2.05, 4.69) is 20.4 Å². The van der Waals surface area contributed by atoms with E-state index >= 15 is 0 Å². The quantitative estimate of drug-likeness (QED) is 0.292. The lowest BCUT2D eigenvalue weighted by atomic mass is 9.92. The number of pyridine rings is 1. The number of nitrogens with one attached hydrogen (secondary N) is 2. The number of cyclic esters (lactones) is 1. The van der Waals surface area contributed by atoms with Crippen LogP contribution in [-0.2, 0) is 14.3 Å². The monoisotopic (exact) mass is 628 g/mol. The van der Waals surface area contributed by atoms with E-state index in [9.17, 15) is 23.2 Å². The minimum absolute atomic E-state index is 0.115. The SMILES string of the molecule is COC(=O)Nc1ccc2c(c1)NC(=O)C(C)CCCC(N1CCC(c3c(F)ccc(Cl)c3F)OC1=O)c1cc-2cnc1OC. The standard InChI is InChI=1S/C31H31ClF2N4O6/c1-16-5-4-6-24(38-12-11-25(44-31(38)41)26-22(33)10-9-21(32)27(26)34)20-13-17(15-35-29(20)42-2)19-8-7-18(36-30(40)43-3)14-23(19)37-28(16)39/h7-10,13-16,24-25H,4-6,11-12H2,1-3H3,(H,36,40)(H,37,39). The first-order valence-corrected chi connectivity index (χ1v) is 14.4. The van der Waals surface area contributed by atoms with E-state index in [1.807, 2.05) is 13.0 Å². The summed E-state index contributed by atoms with van der Waals surface area (Å²) in [6, 6.07) is 8.41. The molecule has 1 fully saturated rings. The molecule has 3 aromatic rings.